The molecule has 1 saturated heterocycles. The zero-order valence-electron chi connectivity index (χ0n) is 10.7. The van der Waals surface area contributed by atoms with Crippen molar-refractivity contribution in [3.05, 3.63) is 29.8 Å². The van der Waals surface area contributed by atoms with Gasteiger partial charge in [-0.1, -0.05) is 19.1 Å². The molecule has 0 aliphatic carbocycles. The standard InChI is InChI=1S/C14H20N2O2/c1-10-6-7-16(9-10)14(18)13(15)8-11-2-4-12(17)5-3-11/h2-5,10,13,17H,6-9,15H2,1H3. The van der Waals surface area contributed by atoms with Crippen molar-refractivity contribution >= 4 is 5.91 Å². The van der Waals surface area contributed by atoms with Crippen molar-refractivity contribution in [2.75, 3.05) is 13.1 Å². The topological polar surface area (TPSA) is 66.6 Å². The van der Waals surface area contributed by atoms with Gasteiger partial charge in [0.15, 0.2) is 0 Å². The van der Waals surface area contributed by atoms with E-state index in [0.717, 1.165) is 25.1 Å². The number of amides is 1. The Bertz CT molecular complexity index is 416. The summed E-state index contributed by atoms with van der Waals surface area (Å²) in [4.78, 5) is 14.0. The summed E-state index contributed by atoms with van der Waals surface area (Å²) in [5.41, 5.74) is 6.93. The number of nitrogens with two attached hydrogens (primary N) is 1. The van der Waals surface area contributed by atoms with E-state index in [9.17, 15) is 9.90 Å². The fraction of sp³-hybridized carbons (Fsp3) is 0.500. The van der Waals surface area contributed by atoms with Gasteiger partial charge in [0.2, 0.25) is 5.91 Å². The molecule has 2 rings (SSSR count). The van der Waals surface area contributed by atoms with Gasteiger partial charge in [0.05, 0.1) is 6.04 Å². The molecule has 4 nitrogen and oxygen atoms in total. The van der Waals surface area contributed by atoms with Crippen molar-refractivity contribution in [3.63, 3.8) is 0 Å². The van der Waals surface area contributed by atoms with Crippen molar-refractivity contribution in [2.24, 2.45) is 11.7 Å². The van der Waals surface area contributed by atoms with Gasteiger partial charge >= 0.3 is 0 Å². The number of carbonyl (C=O) groups is 1. The summed E-state index contributed by atoms with van der Waals surface area (Å²) in [6.07, 6.45) is 1.58. The number of hydrogen-bond acceptors (Lipinski definition) is 3. The quantitative estimate of drug-likeness (QED) is 0.842. The number of nitrogens with zero attached hydrogens (tertiary/aromatic N) is 1. The van der Waals surface area contributed by atoms with Gasteiger partial charge in [-0.25, -0.2) is 0 Å². The van der Waals surface area contributed by atoms with Crippen LogP contribution in [0.2, 0.25) is 0 Å². The van der Waals surface area contributed by atoms with Crippen LogP contribution in [-0.4, -0.2) is 35.0 Å². The van der Waals surface area contributed by atoms with E-state index in [1.165, 1.54) is 0 Å². The first kappa shape index (κ1) is 12.9. The first-order valence-electron chi connectivity index (χ1n) is 6.38. The highest BCUT2D eigenvalue weighted by Gasteiger charge is 2.27. The molecular formula is C14H20N2O2. The summed E-state index contributed by atoms with van der Waals surface area (Å²) in [7, 11) is 0. The number of carbonyl (C=O) groups excluding carboxylic acids is 1. The van der Waals surface area contributed by atoms with Crippen LogP contribution in [-0.2, 0) is 11.2 Å². The summed E-state index contributed by atoms with van der Waals surface area (Å²) in [6, 6.07) is 6.35. The lowest BCUT2D eigenvalue weighted by atomic mass is 10.1. The summed E-state index contributed by atoms with van der Waals surface area (Å²) < 4.78 is 0. The molecule has 4 heteroatoms. The number of hydrogen-bond donors (Lipinski definition) is 2. The molecule has 1 aliphatic rings. The number of rotatable bonds is 3. The summed E-state index contributed by atoms with van der Waals surface area (Å²) in [5.74, 6) is 0.842. The predicted molar refractivity (Wildman–Crippen MR) is 70.1 cm³/mol. The molecule has 2 unspecified atom stereocenters. The number of phenolic OH excluding ortho intramolecular Hbond substituents is 1. The smallest absolute Gasteiger partial charge is 0.239 e. The second-order valence-electron chi connectivity index (χ2n) is 5.16. The highest BCUT2D eigenvalue weighted by atomic mass is 16.3. The largest absolute Gasteiger partial charge is 0.508 e. The van der Waals surface area contributed by atoms with Gasteiger partial charge < -0.3 is 15.7 Å². The minimum absolute atomic E-state index is 0.0347. The van der Waals surface area contributed by atoms with Crippen LogP contribution >= 0.6 is 0 Å². The van der Waals surface area contributed by atoms with Crippen molar-refractivity contribution in [1.29, 1.82) is 0 Å². The molecule has 0 bridgehead atoms. The average Bonchev–Trinajstić information content (AvgIpc) is 2.78. The molecule has 0 aromatic heterocycles. The van der Waals surface area contributed by atoms with E-state index in [-0.39, 0.29) is 11.7 Å². The molecule has 2 atom stereocenters. The fourth-order valence-electron chi connectivity index (χ4n) is 2.34. The highest BCUT2D eigenvalue weighted by Crippen LogP contribution is 2.17. The molecule has 1 amide bonds. The predicted octanol–water partition coefficient (Wildman–Crippen LogP) is 1.13. The Balaban J connectivity index is 1.93. The Morgan fingerprint density at radius 3 is 2.72 bits per heavy atom. The molecule has 98 valence electrons. The van der Waals surface area contributed by atoms with Gasteiger partial charge in [0, 0.05) is 13.1 Å². The summed E-state index contributed by atoms with van der Waals surface area (Å²) in [5, 5.41) is 9.20. The van der Waals surface area contributed by atoms with Crippen LogP contribution in [0.3, 0.4) is 0 Å². The third kappa shape index (κ3) is 3.01. The van der Waals surface area contributed by atoms with E-state index >= 15 is 0 Å². The van der Waals surface area contributed by atoms with Crippen LogP contribution < -0.4 is 5.73 Å². The minimum atomic E-state index is -0.486. The SMILES string of the molecule is CC1CCN(C(=O)C(N)Cc2ccc(O)cc2)C1. The molecule has 0 saturated carbocycles. The van der Waals surface area contributed by atoms with Gasteiger partial charge in [-0.3, -0.25) is 4.79 Å². The van der Waals surface area contributed by atoms with E-state index < -0.39 is 6.04 Å². The molecule has 1 heterocycles. The van der Waals surface area contributed by atoms with Crippen LogP contribution in [0, 0.1) is 5.92 Å². The van der Waals surface area contributed by atoms with Crippen LogP contribution in [0.25, 0.3) is 0 Å². The van der Waals surface area contributed by atoms with Crippen molar-refractivity contribution in [3.8, 4) is 5.75 Å². The van der Waals surface area contributed by atoms with Crippen LogP contribution in [0.4, 0.5) is 0 Å². The molecule has 3 N–H and O–H groups in total. The van der Waals surface area contributed by atoms with Crippen LogP contribution in [0.5, 0.6) is 5.75 Å². The van der Waals surface area contributed by atoms with Crippen molar-refractivity contribution < 1.29 is 9.90 Å². The Labute approximate surface area is 107 Å². The van der Waals surface area contributed by atoms with E-state index in [1.807, 2.05) is 4.90 Å². The second-order valence-corrected chi connectivity index (χ2v) is 5.16. The molecule has 0 spiro atoms. The third-order valence-corrected chi connectivity index (χ3v) is 3.44. The number of likely N-dealkylation sites (tertiary alicyclic amines) is 1. The Morgan fingerprint density at radius 2 is 2.17 bits per heavy atom. The zero-order valence-corrected chi connectivity index (χ0v) is 10.7. The molecule has 1 aromatic rings. The normalized spacial score (nSPS) is 21.0. The van der Waals surface area contributed by atoms with Gasteiger partial charge in [0.1, 0.15) is 5.75 Å². The zero-order chi connectivity index (χ0) is 13.1. The monoisotopic (exact) mass is 248 g/mol. The second kappa shape index (κ2) is 5.40. The van der Waals surface area contributed by atoms with E-state index in [2.05, 4.69) is 6.92 Å². The minimum Gasteiger partial charge on any atom is -0.508 e. The Kier molecular flexibility index (Phi) is 3.87. The molecule has 1 aliphatic heterocycles. The highest BCUT2D eigenvalue weighted by molar-refractivity contribution is 5.82. The van der Waals surface area contributed by atoms with Gasteiger partial charge in [0.25, 0.3) is 0 Å². The van der Waals surface area contributed by atoms with Crippen LogP contribution in [0.1, 0.15) is 18.9 Å². The number of aromatic hydroxyl groups is 1. The first-order chi connectivity index (χ1) is 8.56. The van der Waals surface area contributed by atoms with E-state index in [1.54, 1.807) is 24.3 Å². The third-order valence-electron chi connectivity index (χ3n) is 3.44. The first-order valence-corrected chi connectivity index (χ1v) is 6.38. The molecular weight excluding hydrogens is 228 g/mol. The maximum Gasteiger partial charge on any atom is 0.239 e. The fourth-order valence-corrected chi connectivity index (χ4v) is 2.34. The molecule has 18 heavy (non-hydrogen) atoms. The number of benzene rings is 1. The number of phenols is 1. The maximum atomic E-state index is 12.1. The van der Waals surface area contributed by atoms with Gasteiger partial charge in [-0.2, -0.15) is 0 Å². The lowest BCUT2D eigenvalue weighted by Crippen LogP contribution is -2.43. The van der Waals surface area contributed by atoms with Gasteiger partial charge in [-0.15, -0.1) is 0 Å². The lowest BCUT2D eigenvalue weighted by Gasteiger charge is -2.20. The van der Waals surface area contributed by atoms with E-state index in [0.29, 0.717) is 12.3 Å². The molecule has 0 radical (unpaired) electrons. The Hall–Kier alpha value is -1.55. The maximum absolute atomic E-state index is 12.1. The average molecular weight is 248 g/mol. The van der Waals surface area contributed by atoms with Crippen LogP contribution in [0.15, 0.2) is 24.3 Å². The molecule has 1 aromatic carbocycles. The van der Waals surface area contributed by atoms with Gasteiger partial charge in [-0.05, 0) is 36.5 Å². The Morgan fingerprint density at radius 1 is 1.50 bits per heavy atom. The summed E-state index contributed by atoms with van der Waals surface area (Å²) in [6.45, 7) is 3.80. The summed E-state index contributed by atoms with van der Waals surface area (Å²) >= 11 is 0. The van der Waals surface area contributed by atoms with Crippen molar-refractivity contribution in [1.82, 2.24) is 4.90 Å². The van der Waals surface area contributed by atoms with Crippen molar-refractivity contribution in [2.45, 2.75) is 25.8 Å². The van der Waals surface area contributed by atoms with E-state index in [4.69, 9.17) is 5.73 Å². The lowest BCUT2D eigenvalue weighted by molar-refractivity contribution is -0.131. The molecule has 1 fully saturated rings.